The van der Waals surface area contributed by atoms with Crippen LogP contribution in [0.4, 0.5) is 4.39 Å². The van der Waals surface area contributed by atoms with Gasteiger partial charge in [-0.1, -0.05) is 18.2 Å². The van der Waals surface area contributed by atoms with Crippen LogP contribution in [-0.2, 0) is 13.2 Å². The summed E-state index contributed by atoms with van der Waals surface area (Å²) in [7, 11) is 0. The molecule has 0 spiro atoms. The highest BCUT2D eigenvalue weighted by molar-refractivity contribution is 7.07. The lowest BCUT2D eigenvalue weighted by Crippen LogP contribution is -2.32. The fourth-order valence-corrected chi connectivity index (χ4v) is 3.43. The molecular formula is C21H19FN2O2S. The van der Waals surface area contributed by atoms with Crippen molar-refractivity contribution in [3.63, 3.8) is 0 Å². The summed E-state index contributed by atoms with van der Waals surface area (Å²) >= 11 is 1.52. The number of thiazole rings is 1. The van der Waals surface area contributed by atoms with Gasteiger partial charge >= 0.3 is 0 Å². The van der Waals surface area contributed by atoms with Gasteiger partial charge in [-0.25, -0.2) is 9.37 Å². The first-order chi connectivity index (χ1) is 13.2. The molecule has 1 aromatic heterocycles. The zero-order chi connectivity index (χ0) is 18.6. The number of carbonyl (C=O) groups excluding carboxylic acids is 1. The summed E-state index contributed by atoms with van der Waals surface area (Å²) in [6.45, 7) is 0.858. The summed E-state index contributed by atoms with van der Waals surface area (Å²) < 4.78 is 18.9. The molecule has 3 aromatic rings. The van der Waals surface area contributed by atoms with Crippen molar-refractivity contribution in [2.75, 3.05) is 0 Å². The Balaban J connectivity index is 1.47. The number of carbonyl (C=O) groups is 1. The lowest BCUT2D eigenvalue weighted by molar-refractivity contribution is 0.0729. The Bertz CT molecular complexity index is 908. The third-order valence-electron chi connectivity index (χ3n) is 4.47. The van der Waals surface area contributed by atoms with E-state index in [9.17, 15) is 9.18 Å². The lowest BCUT2D eigenvalue weighted by Gasteiger charge is -2.23. The van der Waals surface area contributed by atoms with Crippen LogP contribution in [0.3, 0.4) is 0 Å². The van der Waals surface area contributed by atoms with E-state index in [1.165, 1.54) is 23.5 Å². The van der Waals surface area contributed by atoms with Crippen LogP contribution < -0.4 is 4.74 Å². The van der Waals surface area contributed by atoms with Crippen LogP contribution >= 0.6 is 11.3 Å². The molecule has 0 bridgehead atoms. The molecule has 0 unspecified atom stereocenters. The summed E-state index contributed by atoms with van der Waals surface area (Å²) in [5.74, 6) is 0.348. The van der Waals surface area contributed by atoms with E-state index in [0.717, 1.165) is 24.1 Å². The first-order valence-corrected chi connectivity index (χ1v) is 9.78. The fourth-order valence-electron chi connectivity index (χ4n) is 2.89. The monoisotopic (exact) mass is 382 g/mol. The van der Waals surface area contributed by atoms with E-state index < -0.39 is 0 Å². The van der Waals surface area contributed by atoms with Crippen molar-refractivity contribution in [1.29, 1.82) is 0 Å². The largest absolute Gasteiger partial charge is 0.487 e. The molecule has 1 aliphatic carbocycles. The number of amides is 1. The normalized spacial score (nSPS) is 13.4. The van der Waals surface area contributed by atoms with Gasteiger partial charge in [-0.3, -0.25) is 4.79 Å². The highest BCUT2D eigenvalue weighted by Gasteiger charge is 2.33. The predicted octanol–water partition coefficient (Wildman–Crippen LogP) is 4.67. The van der Waals surface area contributed by atoms with Crippen molar-refractivity contribution in [2.45, 2.75) is 32.0 Å². The van der Waals surface area contributed by atoms with E-state index in [1.54, 1.807) is 29.8 Å². The first-order valence-electron chi connectivity index (χ1n) is 8.84. The molecule has 6 heteroatoms. The molecule has 4 nitrogen and oxygen atoms in total. The van der Waals surface area contributed by atoms with E-state index in [-0.39, 0.29) is 17.8 Å². The molecule has 0 saturated heterocycles. The van der Waals surface area contributed by atoms with Gasteiger partial charge in [-0.05, 0) is 48.7 Å². The van der Waals surface area contributed by atoms with Crippen molar-refractivity contribution < 1.29 is 13.9 Å². The number of nitrogens with zero attached hydrogens (tertiary/aromatic N) is 2. The topological polar surface area (TPSA) is 42.4 Å². The van der Waals surface area contributed by atoms with Gasteiger partial charge in [0.25, 0.3) is 5.91 Å². The van der Waals surface area contributed by atoms with Gasteiger partial charge in [0, 0.05) is 23.5 Å². The number of ether oxygens (including phenoxy) is 1. The SMILES string of the molecule is O=C(c1cccc(OCc2cscn2)c1)N(Cc1ccc(F)cc1)C1CC1. The van der Waals surface area contributed by atoms with Crippen LogP contribution in [0.15, 0.2) is 59.4 Å². The smallest absolute Gasteiger partial charge is 0.254 e. The second-order valence-electron chi connectivity index (χ2n) is 6.59. The van der Waals surface area contributed by atoms with Crippen molar-refractivity contribution >= 4 is 17.2 Å². The first kappa shape index (κ1) is 17.7. The average Bonchev–Trinajstić information content (AvgIpc) is 3.40. The standard InChI is InChI=1S/C21H19FN2O2S/c22-17-6-4-15(5-7-17)11-24(19-8-9-19)21(25)16-2-1-3-20(10-16)26-12-18-13-27-14-23-18/h1-7,10,13-14,19H,8-9,11-12H2. The van der Waals surface area contributed by atoms with Gasteiger partial charge < -0.3 is 9.64 Å². The van der Waals surface area contributed by atoms with Crippen LogP contribution in [0.25, 0.3) is 0 Å². The Labute approximate surface area is 161 Å². The molecule has 1 aliphatic rings. The van der Waals surface area contributed by atoms with Crippen LogP contribution in [0.5, 0.6) is 5.75 Å². The molecule has 0 radical (unpaired) electrons. The number of rotatable bonds is 7. The molecule has 0 atom stereocenters. The van der Waals surface area contributed by atoms with Crippen LogP contribution in [0, 0.1) is 5.82 Å². The van der Waals surface area contributed by atoms with E-state index in [4.69, 9.17) is 4.74 Å². The fraction of sp³-hybridized carbons (Fsp3) is 0.238. The summed E-state index contributed by atoms with van der Waals surface area (Å²) in [5, 5.41) is 1.94. The van der Waals surface area contributed by atoms with Gasteiger partial charge in [-0.15, -0.1) is 11.3 Å². The summed E-state index contributed by atoms with van der Waals surface area (Å²) in [4.78, 5) is 19.1. The molecule has 138 valence electrons. The maximum Gasteiger partial charge on any atom is 0.254 e. The van der Waals surface area contributed by atoms with E-state index in [1.807, 2.05) is 22.4 Å². The molecular weight excluding hydrogens is 363 g/mol. The molecule has 0 aliphatic heterocycles. The Morgan fingerprint density at radius 1 is 1.22 bits per heavy atom. The zero-order valence-electron chi connectivity index (χ0n) is 14.7. The Kier molecular flexibility index (Phi) is 5.16. The second kappa shape index (κ2) is 7.88. The number of benzene rings is 2. The van der Waals surface area contributed by atoms with Crippen LogP contribution in [0.2, 0.25) is 0 Å². The molecule has 27 heavy (non-hydrogen) atoms. The molecule has 4 rings (SSSR count). The minimum absolute atomic E-state index is 0.0269. The summed E-state index contributed by atoms with van der Waals surface area (Å²) in [6, 6.07) is 13.8. The molecule has 1 fully saturated rings. The number of aromatic nitrogens is 1. The minimum atomic E-state index is -0.270. The number of hydrogen-bond acceptors (Lipinski definition) is 4. The van der Waals surface area contributed by atoms with Crippen molar-refractivity contribution in [3.05, 3.63) is 82.1 Å². The maximum atomic E-state index is 13.1. The highest BCUT2D eigenvalue weighted by Crippen LogP contribution is 2.30. The second-order valence-corrected chi connectivity index (χ2v) is 7.31. The van der Waals surface area contributed by atoms with Gasteiger partial charge in [0.15, 0.2) is 0 Å². The maximum absolute atomic E-state index is 13.1. The molecule has 2 aromatic carbocycles. The third kappa shape index (κ3) is 4.52. The third-order valence-corrected chi connectivity index (χ3v) is 5.10. The Morgan fingerprint density at radius 3 is 2.74 bits per heavy atom. The minimum Gasteiger partial charge on any atom is -0.487 e. The molecule has 1 saturated carbocycles. The molecule has 1 heterocycles. The summed E-state index contributed by atoms with van der Waals surface area (Å²) in [6.07, 6.45) is 2.01. The Morgan fingerprint density at radius 2 is 2.04 bits per heavy atom. The molecule has 0 N–H and O–H groups in total. The van der Waals surface area contributed by atoms with Crippen LogP contribution in [-0.4, -0.2) is 21.8 Å². The number of halogens is 1. The van der Waals surface area contributed by atoms with Crippen molar-refractivity contribution in [1.82, 2.24) is 9.88 Å². The number of hydrogen-bond donors (Lipinski definition) is 0. The van der Waals surface area contributed by atoms with Crippen LogP contribution in [0.1, 0.15) is 34.5 Å². The van der Waals surface area contributed by atoms with Gasteiger partial charge in [0.2, 0.25) is 0 Å². The average molecular weight is 382 g/mol. The van der Waals surface area contributed by atoms with E-state index >= 15 is 0 Å². The van der Waals surface area contributed by atoms with Crippen molar-refractivity contribution in [3.8, 4) is 5.75 Å². The highest BCUT2D eigenvalue weighted by atomic mass is 32.1. The van der Waals surface area contributed by atoms with Gasteiger partial charge in [-0.2, -0.15) is 0 Å². The molecule has 1 amide bonds. The van der Waals surface area contributed by atoms with Gasteiger partial charge in [0.05, 0.1) is 11.2 Å². The zero-order valence-corrected chi connectivity index (χ0v) is 15.5. The Hall–Kier alpha value is -2.73. The van der Waals surface area contributed by atoms with E-state index in [2.05, 4.69) is 4.98 Å². The predicted molar refractivity (Wildman–Crippen MR) is 102 cm³/mol. The van der Waals surface area contributed by atoms with Gasteiger partial charge in [0.1, 0.15) is 18.2 Å². The lowest BCUT2D eigenvalue weighted by atomic mass is 10.1. The quantitative estimate of drug-likeness (QED) is 0.597. The summed E-state index contributed by atoms with van der Waals surface area (Å²) in [5.41, 5.74) is 4.15. The van der Waals surface area contributed by atoms with E-state index in [0.29, 0.717) is 24.5 Å². The van der Waals surface area contributed by atoms with Crippen molar-refractivity contribution in [2.24, 2.45) is 0 Å².